The first-order valence-corrected chi connectivity index (χ1v) is 7.00. The van der Waals surface area contributed by atoms with Crippen LogP contribution in [0.15, 0.2) is 29.0 Å². The number of anilines is 1. The van der Waals surface area contributed by atoms with Crippen LogP contribution in [0.25, 0.3) is 0 Å². The van der Waals surface area contributed by atoms with Crippen molar-refractivity contribution < 1.29 is 9.66 Å². The number of hydrogen-bond donors (Lipinski definition) is 1. The number of rotatable bonds is 5. The van der Waals surface area contributed by atoms with Crippen LogP contribution in [-0.2, 0) is 0 Å². The second-order valence-electron chi connectivity index (χ2n) is 4.13. The lowest BCUT2D eigenvalue weighted by atomic mass is 10.3. The van der Waals surface area contributed by atoms with Crippen molar-refractivity contribution >= 4 is 27.4 Å². The summed E-state index contributed by atoms with van der Waals surface area (Å²) in [4.78, 5) is 18.6. The van der Waals surface area contributed by atoms with E-state index in [0.29, 0.717) is 17.4 Å². The highest BCUT2D eigenvalue weighted by atomic mass is 79.9. The Morgan fingerprint density at radius 1 is 1.43 bits per heavy atom. The predicted octanol–water partition coefficient (Wildman–Crippen LogP) is 3.68. The molecule has 0 aliphatic heterocycles. The molecule has 7 nitrogen and oxygen atoms in total. The van der Waals surface area contributed by atoms with E-state index in [1.807, 2.05) is 13.8 Å². The van der Waals surface area contributed by atoms with Gasteiger partial charge in [0.2, 0.25) is 5.88 Å². The molecule has 0 saturated carbocycles. The molecule has 0 aliphatic carbocycles. The Morgan fingerprint density at radius 3 is 2.86 bits per heavy atom. The molecule has 0 spiro atoms. The van der Waals surface area contributed by atoms with E-state index < -0.39 is 4.92 Å². The van der Waals surface area contributed by atoms with Gasteiger partial charge in [0.25, 0.3) is 5.69 Å². The van der Waals surface area contributed by atoms with Crippen LogP contribution < -0.4 is 10.1 Å². The second kappa shape index (κ2) is 6.49. The van der Waals surface area contributed by atoms with Crippen molar-refractivity contribution in [2.45, 2.75) is 13.8 Å². The van der Waals surface area contributed by atoms with E-state index in [1.165, 1.54) is 12.4 Å². The molecule has 1 aromatic heterocycles. The molecule has 0 radical (unpaired) electrons. The van der Waals surface area contributed by atoms with E-state index in [0.717, 1.165) is 12.1 Å². The van der Waals surface area contributed by atoms with Crippen LogP contribution in [0.4, 0.5) is 11.5 Å². The number of benzene rings is 1. The number of aromatic nitrogens is 2. The molecule has 0 saturated heterocycles. The van der Waals surface area contributed by atoms with Crippen LogP contribution >= 0.6 is 15.9 Å². The minimum Gasteiger partial charge on any atom is -0.437 e. The fourth-order valence-electron chi connectivity index (χ4n) is 1.71. The third-order valence-electron chi connectivity index (χ3n) is 2.73. The third-order valence-corrected chi connectivity index (χ3v) is 3.53. The molecule has 2 aromatic rings. The first-order chi connectivity index (χ1) is 10.0. The number of nitro groups is 1. The summed E-state index contributed by atoms with van der Waals surface area (Å²) in [7, 11) is 0. The largest absolute Gasteiger partial charge is 0.437 e. The summed E-state index contributed by atoms with van der Waals surface area (Å²) in [5.74, 6) is 1.35. The molecule has 8 heteroatoms. The molecule has 1 N–H and O–H groups in total. The van der Waals surface area contributed by atoms with Gasteiger partial charge in [0, 0.05) is 12.6 Å². The molecular weight excluding hydrogens is 340 g/mol. The summed E-state index contributed by atoms with van der Waals surface area (Å²) in [5.41, 5.74) is 0.670. The maximum atomic E-state index is 10.9. The summed E-state index contributed by atoms with van der Waals surface area (Å²) in [5, 5.41) is 14.0. The van der Waals surface area contributed by atoms with Gasteiger partial charge in [-0.05, 0) is 35.8 Å². The third kappa shape index (κ3) is 3.27. The highest BCUT2D eigenvalue weighted by molar-refractivity contribution is 9.10. The highest BCUT2D eigenvalue weighted by Crippen LogP contribution is 2.37. The molecule has 110 valence electrons. The fourth-order valence-corrected chi connectivity index (χ4v) is 2.20. The van der Waals surface area contributed by atoms with Crippen molar-refractivity contribution in [1.82, 2.24) is 9.97 Å². The van der Waals surface area contributed by atoms with Crippen LogP contribution in [0, 0.1) is 17.0 Å². The van der Waals surface area contributed by atoms with Crippen LogP contribution in [-0.4, -0.2) is 21.4 Å². The lowest BCUT2D eigenvalue weighted by Crippen LogP contribution is -2.04. The van der Waals surface area contributed by atoms with Crippen molar-refractivity contribution in [2.75, 3.05) is 11.9 Å². The number of halogens is 1. The maximum Gasteiger partial charge on any atom is 0.287 e. The first-order valence-electron chi connectivity index (χ1n) is 6.20. The van der Waals surface area contributed by atoms with E-state index in [-0.39, 0.29) is 10.2 Å². The predicted molar refractivity (Wildman–Crippen MR) is 81.8 cm³/mol. The minimum absolute atomic E-state index is 0.0638. The summed E-state index contributed by atoms with van der Waals surface area (Å²) in [6.45, 7) is 4.50. The standard InChI is InChI=1S/C13H13BrN4O3/c1-3-15-12-8(2)13(17-7-16-12)21-10-6-4-5-9(11(10)14)18(19)20/h4-7H,3H2,1-2H3,(H,15,16,17). The molecule has 0 aliphatic rings. The molecule has 0 bridgehead atoms. The first kappa shape index (κ1) is 15.2. The molecule has 21 heavy (non-hydrogen) atoms. The summed E-state index contributed by atoms with van der Waals surface area (Å²) >= 11 is 3.19. The quantitative estimate of drug-likeness (QED) is 0.651. The van der Waals surface area contributed by atoms with Gasteiger partial charge in [-0.1, -0.05) is 6.07 Å². The number of ether oxygens (including phenoxy) is 1. The van der Waals surface area contributed by atoms with E-state index >= 15 is 0 Å². The van der Waals surface area contributed by atoms with Gasteiger partial charge in [0.05, 0.1) is 10.5 Å². The Labute approximate surface area is 129 Å². The molecule has 0 unspecified atom stereocenters. The number of nitrogens with one attached hydrogen (secondary N) is 1. The van der Waals surface area contributed by atoms with Crippen LogP contribution in [0.1, 0.15) is 12.5 Å². The maximum absolute atomic E-state index is 10.9. The van der Waals surface area contributed by atoms with Crippen molar-refractivity contribution in [3.8, 4) is 11.6 Å². The smallest absolute Gasteiger partial charge is 0.287 e. The Kier molecular flexibility index (Phi) is 4.69. The zero-order valence-electron chi connectivity index (χ0n) is 11.5. The lowest BCUT2D eigenvalue weighted by Gasteiger charge is -2.11. The van der Waals surface area contributed by atoms with Crippen molar-refractivity contribution in [3.05, 3.63) is 44.7 Å². The molecule has 0 atom stereocenters. The van der Waals surface area contributed by atoms with E-state index in [2.05, 4.69) is 31.2 Å². The molecule has 0 amide bonds. The average Bonchev–Trinajstić information content (AvgIpc) is 2.45. The fraction of sp³-hybridized carbons (Fsp3) is 0.231. The van der Waals surface area contributed by atoms with Gasteiger partial charge in [0.15, 0.2) is 5.75 Å². The number of nitrogens with zero attached hydrogens (tertiary/aromatic N) is 3. The van der Waals surface area contributed by atoms with E-state index in [9.17, 15) is 10.1 Å². The molecule has 0 fully saturated rings. The SMILES string of the molecule is CCNc1ncnc(Oc2cccc([N+](=O)[O-])c2Br)c1C. The van der Waals surface area contributed by atoms with Gasteiger partial charge >= 0.3 is 0 Å². The second-order valence-corrected chi connectivity index (χ2v) is 4.92. The highest BCUT2D eigenvalue weighted by Gasteiger charge is 2.18. The van der Waals surface area contributed by atoms with Gasteiger partial charge in [-0.15, -0.1) is 0 Å². The van der Waals surface area contributed by atoms with Gasteiger partial charge < -0.3 is 10.1 Å². The molecule has 1 aromatic carbocycles. The molecule has 1 heterocycles. The molecular formula is C13H13BrN4O3. The van der Waals surface area contributed by atoms with Gasteiger partial charge in [-0.25, -0.2) is 9.97 Å². The zero-order chi connectivity index (χ0) is 15.4. The number of nitro benzene ring substituents is 1. The van der Waals surface area contributed by atoms with Gasteiger partial charge in [-0.3, -0.25) is 10.1 Å². The Bertz CT molecular complexity index is 678. The minimum atomic E-state index is -0.478. The molecule has 2 rings (SSSR count). The monoisotopic (exact) mass is 352 g/mol. The van der Waals surface area contributed by atoms with Crippen LogP contribution in [0.2, 0.25) is 0 Å². The van der Waals surface area contributed by atoms with Crippen LogP contribution in [0.3, 0.4) is 0 Å². The summed E-state index contributed by atoms with van der Waals surface area (Å²) in [6.07, 6.45) is 1.38. The van der Waals surface area contributed by atoms with Gasteiger partial charge in [-0.2, -0.15) is 0 Å². The Morgan fingerprint density at radius 2 is 2.19 bits per heavy atom. The van der Waals surface area contributed by atoms with Crippen molar-refractivity contribution in [1.29, 1.82) is 0 Å². The van der Waals surface area contributed by atoms with Crippen molar-refractivity contribution in [3.63, 3.8) is 0 Å². The van der Waals surface area contributed by atoms with Gasteiger partial charge in [0.1, 0.15) is 16.6 Å². The Balaban J connectivity index is 2.37. The Hall–Kier alpha value is -2.22. The number of hydrogen-bond acceptors (Lipinski definition) is 6. The topological polar surface area (TPSA) is 90.2 Å². The van der Waals surface area contributed by atoms with Crippen molar-refractivity contribution in [2.24, 2.45) is 0 Å². The van der Waals surface area contributed by atoms with E-state index in [4.69, 9.17) is 4.74 Å². The zero-order valence-corrected chi connectivity index (χ0v) is 13.0. The lowest BCUT2D eigenvalue weighted by molar-refractivity contribution is -0.385. The van der Waals surface area contributed by atoms with Crippen LogP contribution in [0.5, 0.6) is 11.6 Å². The average molecular weight is 353 g/mol. The summed E-state index contributed by atoms with van der Waals surface area (Å²) < 4.78 is 5.95. The van der Waals surface area contributed by atoms with E-state index in [1.54, 1.807) is 12.1 Å². The normalized spacial score (nSPS) is 10.2. The summed E-state index contributed by atoms with van der Waals surface area (Å²) in [6, 6.07) is 4.58.